The molecule has 1 aromatic heterocycles. The highest BCUT2D eigenvalue weighted by molar-refractivity contribution is 8.26. The lowest BCUT2D eigenvalue weighted by molar-refractivity contribution is -0.122. The van der Waals surface area contributed by atoms with Crippen LogP contribution in [-0.4, -0.2) is 38.1 Å². The molecule has 0 radical (unpaired) electrons. The number of hydrogen-bond acceptors (Lipinski definition) is 5. The van der Waals surface area contributed by atoms with Crippen LogP contribution in [0, 0.1) is 11.7 Å². The van der Waals surface area contributed by atoms with Crippen molar-refractivity contribution >= 4 is 40.3 Å². The zero-order valence-corrected chi connectivity index (χ0v) is 23.8. The van der Waals surface area contributed by atoms with E-state index in [1.807, 2.05) is 49.5 Å². The van der Waals surface area contributed by atoms with Gasteiger partial charge in [-0.15, -0.1) is 0 Å². The topological polar surface area (TPSA) is 47.4 Å². The van der Waals surface area contributed by atoms with Crippen molar-refractivity contribution in [3.63, 3.8) is 0 Å². The predicted molar refractivity (Wildman–Crippen MR) is 158 cm³/mol. The van der Waals surface area contributed by atoms with E-state index in [1.54, 1.807) is 21.7 Å². The smallest absolute Gasteiger partial charge is 0.266 e. The summed E-state index contributed by atoms with van der Waals surface area (Å²) in [5.41, 5.74) is 2.77. The number of halogens is 1. The molecule has 3 aromatic rings. The van der Waals surface area contributed by atoms with E-state index in [4.69, 9.17) is 22.1 Å². The van der Waals surface area contributed by atoms with Crippen LogP contribution >= 0.6 is 24.0 Å². The molecule has 0 N–H and O–H groups in total. The van der Waals surface area contributed by atoms with Crippen LogP contribution in [0.5, 0.6) is 5.75 Å². The summed E-state index contributed by atoms with van der Waals surface area (Å²) in [5, 5.41) is 4.78. The van der Waals surface area contributed by atoms with Gasteiger partial charge < -0.3 is 4.74 Å². The fraction of sp³-hybridized carbons (Fsp3) is 0.367. The van der Waals surface area contributed by atoms with E-state index in [-0.39, 0.29) is 11.7 Å². The van der Waals surface area contributed by atoms with Crippen molar-refractivity contribution in [3.05, 3.63) is 71.0 Å². The number of rotatable bonds is 12. The summed E-state index contributed by atoms with van der Waals surface area (Å²) in [4.78, 5) is 15.7. The Bertz CT molecular complexity index is 1310. The average Bonchev–Trinajstić information content (AvgIpc) is 3.46. The standard InChI is InChI=1S/C30H34FN3O2S2/c1-4-7-11-21(6-3)19-33-29(35)27(38-30(33)37)18-23-20-34(24-12-9-8-10-13-24)32-28(23)22-14-15-26(25(31)17-22)36-16-5-2/h8-10,12-15,17-18,20-21H,4-7,11,16,19H2,1-3H3/b27-18-/t21-/m0/s1. The molecule has 5 nitrogen and oxygen atoms in total. The Hall–Kier alpha value is -2.97. The van der Waals surface area contributed by atoms with Gasteiger partial charge in [-0.3, -0.25) is 9.69 Å². The van der Waals surface area contributed by atoms with E-state index in [9.17, 15) is 9.18 Å². The molecule has 200 valence electrons. The monoisotopic (exact) mass is 551 g/mol. The summed E-state index contributed by atoms with van der Waals surface area (Å²) in [6.45, 7) is 7.41. The number of thiocarbonyl (C=S) groups is 1. The predicted octanol–water partition coefficient (Wildman–Crippen LogP) is 7.88. The molecule has 0 aliphatic carbocycles. The van der Waals surface area contributed by atoms with Crippen LogP contribution in [-0.2, 0) is 4.79 Å². The number of aromatic nitrogens is 2. The molecule has 0 unspecified atom stereocenters. The maximum absolute atomic E-state index is 14.9. The molecular formula is C30H34FN3O2S2. The Morgan fingerprint density at radius 3 is 2.61 bits per heavy atom. The number of hydrogen-bond donors (Lipinski definition) is 0. The summed E-state index contributed by atoms with van der Waals surface area (Å²) < 4.78 is 22.7. The van der Waals surface area contributed by atoms with Gasteiger partial charge in [0.2, 0.25) is 0 Å². The van der Waals surface area contributed by atoms with Gasteiger partial charge >= 0.3 is 0 Å². The summed E-state index contributed by atoms with van der Waals surface area (Å²) in [5.74, 6) is 0.113. The minimum Gasteiger partial charge on any atom is -0.491 e. The number of ether oxygens (including phenoxy) is 1. The van der Waals surface area contributed by atoms with Crippen LogP contribution in [0.25, 0.3) is 23.0 Å². The zero-order chi connectivity index (χ0) is 27.1. The number of carbonyl (C=O) groups is 1. The summed E-state index contributed by atoms with van der Waals surface area (Å²) in [7, 11) is 0. The van der Waals surface area contributed by atoms with Gasteiger partial charge in [-0.05, 0) is 55.2 Å². The molecule has 1 aliphatic heterocycles. The first-order chi connectivity index (χ1) is 18.4. The first-order valence-electron chi connectivity index (χ1n) is 13.3. The Kier molecular flexibility index (Phi) is 9.74. The van der Waals surface area contributed by atoms with Gasteiger partial charge in [0.1, 0.15) is 10.0 Å². The number of amides is 1. The number of thioether (sulfide) groups is 1. The normalized spacial score (nSPS) is 15.5. The van der Waals surface area contributed by atoms with Crippen LogP contribution < -0.4 is 4.74 Å². The number of nitrogens with zero attached hydrogens (tertiary/aromatic N) is 3. The number of unbranched alkanes of at least 4 members (excludes halogenated alkanes) is 1. The molecule has 4 rings (SSSR count). The van der Waals surface area contributed by atoms with Crippen molar-refractivity contribution < 1.29 is 13.9 Å². The Morgan fingerprint density at radius 2 is 1.92 bits per heavy atom. The van der Waals surface area contributed by atoms with E-state index in [0.29, 0.717) is 45.1 Å². The lowest BCUT2D eigenvalue weighted by atomic mass is 9.99. The van der Waals surface area contributed by atoms with Crippen molar-refractivity contribution in [3.8, 4) is 22.7 Å². The Balaban J connectivity index is 1.69. The Labute approximate surface area is 234 Å². The highest BCUT2D eigenvalue weighted by Crippen LogP contribution is 2.36. The third-order valence-corrected chi connectivity index (χ3v) is 7.95. The average molecular weight is 552 g/mol. The van der Waals surface area contributed by atoms with Crippen LogP contribution in [0.3, 0.4) is 0 Å². The maximum Gasteiger partial charge on any atom is 0.266 e. The lowest BCUT2D eigenvalue weighted by Gasteiger charge is -2.21. The third-order valence-electron chi connectivity index (χ3n) is 6.57. The molecule has 0 spiro atoms. The zero-order valence-electron chi connectivity index (χ0n) is 22.2. The SMILES string of the molecule is CCCC[C@H](CC)CN1C(=O)/C(=C/c2cn(-c3ccccc3)nc2-c2ccc(OCCC)c(F)c2)SC1=S. The van der Waals surface area contributed by atoms with Gasteiger partial charge in [0.25, 0.3) is 5.91 Å². The molecule has 2 heterocycles. The van der Waals surface area contributed by atoms with Crippen molar-refractivity contribution in [2.75, 3.05) is 13.2 Å². The van der Waals surface area contributed by atoms with Crippen molar-refractivity contribution in [2.24, 2.45) is 5.92 Å². The highest BCUT2D eigenvalue weighted by Gasteiger charge is 2.33. The summed E-state index contributed by atoms with van der Waals surface area (Å²) in [6.07, 6.45) is 8.86. The van der Waals surface area contributed by atoms with Crippen LogP contribution in [0.1, 0.15) is 58.4 Å². The number of benzene rings is 2. The van der Waals surface area contributed by atoms with Gasteiger partial charge in [-0.25, -0.2) is 9.07 Å². The van der Waals surface area contributed by atoms with E-state index < -0.39 is 5.82 Å². The van der Waals surface area contributed by atoms with E-state index in [1.165, 1.54) is 17.8 Å². The van der Waals surface area contributed by atoms with Crippen LogP contribution in [0.4, 0.5) is 4.39 Å². The van der Waals surface area contributed by atoms with Crippen molar-refractivity contribution in [2.45, 2.75) is 52.9 Å². The molecule has 2 aromatic carbocycles. The first-order valence-corrected chi connectivity index (χ1v) is 14.5. The molecule has 1 aliphatic rings. The quantitative estimate of drug-likeness (QED) is 0.169. The molecule has 0 bridgehead atoms. The molecule has 1 fully saturated rings. The number of para-hydroxylation sites is 1. The minimum atomic E-state index is -0.444. The fourth-order valence-corrected chi connectivity index (χ4v) is 5.65. The summed E-state index contributed by atoms with van der Waals surface area (Å²) >= 11 is 6.92. The molecular weight excluding hydrogens is 517 g/mol. The second-order valence-electron chi connectivity index (χ2n) is 9.42. The van der Waals surface area contributed by atoms with Gasteiger partial charge in [-0.1, -0.05) is 82.2 Å². The first kappa shape index (κ1) is 28.0. The fourth-order valence-electron chi connectivity index (χ4n) is 4.38. The van der Waals surface area contributed by atoms with Gasteiger partial charge in [0, 0.05) is 23.9 Å². The molecule has 0 saturated carbocycles. The van der Waals surface area contributed by atoms with E-state index in [0.717, 1.165) is 37.8 Å². The van der Waals surface area contributed by atoms with Crippen molar-refractivity contribution in [1.82, 2.24) is 14.7 Å². The Morgan fingerprint density at radius 1 is 1.13 bits per heavy atom. The molecule has 1 atom stereocenters. The lowest BCUT2D eigenvalue weighted by Crippen LogP contribution is -2.33. The molecule has 38 heavy (non-hydrogen) atoms. The van der Waals surface area contributed by atoms with E-state index >= 15 is 0 Å². The van der Waals surface area contributed by atoms with Gasteiger partial charge in [0.15, 0.2) is 11.6 Å². The van der Waals surface area contributed by atoms with Crippen molar-refractivity contribution in [1.29, 1.82) is 0 Å². The highest BCUT2D eigenvalue weighted by atomic mass is 32.2. The molecule has 1 saturated heterocycles. The number of carbonyl (C=O) groups excluding carboxylic acids is 1. The third kappa shape index (κ3) is 6.53. The molecule has 1 amide bonds. The van der Waals surface area contributed by atoms with Crippen LogP contribution in [0.2, 0.25) is 0 Å². The minimum absolute atomic E-state index is 0.0807. The summed E-state index contributed by atoms with van der Waals surface area (Å²) in [6, 6.07) is 14.6. The van der Waals surface area contributed by atoms with Gasteiger partial charge in [0.05, 0.1) is 17.2 Å². The van der Waals surface area contributed by atoms with Gasteiger partial charge in [-0.2, -0.15) is 5.10 Å². The maximum atomic E-state index is 14.9. The van der Waals surface area contributed by atoms with E-state index in [2.05, 4.69) is 13.8 Å². The van der Waals surface area contributed by atoms with Crippen LogP contribution in [0.15, 0.2) is 59.6 Å². The second-order valence-corrected chi connectivity index (χ2v) is 11.1. The second kappa shape index (κ2) is 13.2. The largest absolute Gasteiger partial charge is 0.491 e. The molecule has 8 heteroatoms.